The van der Waals surface area contributed by atoms with Crippen molar-refractivity contribution in [2.45, 2.75) is 12.5 Å². The Morgan fingerprint density at radius 2 is 1.37 bits per heavy atom. The highest BCUT2D eigenvalue weighted by Crippen LogP contribution is 2.37. The van der Waals surface area contributed by atoms with Crippen LogP contribution in [0.4, 0.5) is 0 Å². The fourth-order valence-electron chi connectivity index (χ4n) is 4.52. The number of amides is 1. The minimum Gasteiger partial charge on any atom is -0.493 e. The van der Waals surface area contributed by atoms with Gasteiger partial charge in [0.1, 0.15) is 29.0 Å². The Morgan fingerprint density at radius 3 is 2.09 bits per heavy atom. The van der Waals surface area contributed by atoms with E-state index in [9.17, 15) is 9.59 Å². The van der Waals surface area contributed by atoms with Crippen LogP contribution < -0.4 is 24.3 Å². The third-order valence-electron chi connectivity index (χ3n) is 6.69. The maximum atomic E-state index is 13.3. The summed E-state index contributed by atoms with van der Waals surface area (Å²) in [6, 6.07) is 27.7. The number of esters is 1. The Hall–Kier alpha value is -5.57. The third kappa shape index (κ3) is 6.84. The Kier molecular flexibility index (Phi) is 9.02. The molecule has 0 bridgehead atoms. The zero-order chi connectivity index (χ0) is 30.2. The van der Waals surface area contributed by atoms with E-state index in [1.165, 1.54) is 7.11 Å². The van der Waals surface area contributed by atoms with Gasteiger partial charge in [0.15, 0.2) is 11.5 Å². The van der Waals surface area contributed by atoms with Crippen LogP contribution >= 0.6 is 0 Å². The number of ether oxygens (including phenoxy) is 5. The zero-order valence-corrected chi connectivity index (χ0v) is 23.9. The maximum Gasteiger partial charge on any atom is 0.328 e. The number of benzene rings is 4. The molecule has 0 saturated carbocycles. The molecule has 0 spiro atoms. The van der Waals surface area contributed by atoms with Gasteiger partial charge < -0.3 is 29.0 Å². The molecule has 43 heavy (non-hydrogen) atoms. The van der Waals surface area contributed by atoms with Gasteiger partial charge in [0.2, 0.25) is 0 Å². The van der Waals surface area contributed by atoms with Crippen molar-refractivity contribution in [3.05, 3.63) is 114 Å². The highest BCUT2D eigenvalue weighted by atomic mass is 16.5. The average Bonchev–Trinajstić information content (AvgIpc) is 3.05. The van der Waals surface area contributed by atoms with Gasteiger partial charge in [-0.2, -0.15) is 0 Å². The van der Waals surface area contributed by atoms with Crippen LogP contribution in [0, 0.1) is 0 Å². The van der Waals surface area contributed by atoms with Crippen LogP contribution in [0.15, 0.2) is 103 Å². The zero-order valence-electron chi connectivity index (χ0n) is 23.9. The number of carbonyl (C=O) groups excluding carboxylic acids is 2. The van der Waals surface area contributed by atoms with Gasteiger partial charge in [0.25, 0.3) is 5.91 Å². The molecule has 0 aliphatic carbocycles. The van der Waals surface area contributed by atoms with E-state index < -0.39 is 17.9 Å². The molecular formula is C34H30N2O7. The molecule has 9 heteroatoms. The van der Waals surface area contributed by atoms with Gasteiger partial charge in [0, 0.05) is 24.1 Å². The number of rotatable bonds is 11. The lowest BCUT2D eigenvalue weighted by atomic mass is 10.0. The van der Waals surface area contributed by atoms with Crippen LogP contribution in [0.3, 0.4) is 0 Å². The second-order valence-corrected chi connectivity index (χ2v) is 9.44. The van der Waals surface area contributed by atoms with Crippen molar-refractivity contribution >= 4 is 22.8 Å². The van der Waals surface area contributed by atoms with Crippen LogP contribution in [-0.2, 0) is 16.0 Å². The topological polar surface area (TPSA) is 105 Å². The van der Waals surface area contributed by atoms with Gasteiger partial charge in [-0.3, -0.25) is 9.78 Å². The van der Waals surface area contributed by atoms with Crippen LogP contribution in [0.2, 0.25) is 0 Å². The smallest absolute Gasteiger partial charge is 0.328 e. The summed E-state index contributed by atoms with van der Waals surface area (Å²) >= 11 is 0. The molecule has 1 atom stereocenters. The third-order valence-corrected chi connectivity index (χ3v) is 6.69. The van der Waals surface area contributed by atoms with Gasteiger partial charge in [0.05, 0.1) is 32.4 Å². The minimum atomic E-state index is -0.930. The van der Waals surface area contributed by atoms with Crippen LogP contribution in [-0.4, -0.2) is 44.2 Å². The molecule has 5 rings (SSSR count). The fourth-order valence-corrected chi connectivity index (χ4v) is 4.52. The van der Waals surface area contributed by atoms with Crippen LogP contribution in [0.5, 0.6) is 34.5 Å². The molecule has 0 aliphatic heterocycles. The molecule has 218 valence electrons. The lowest BCUT2D eigenvalue weighted by molar-refractivity contribution is -0.142. The van der Waals surface area contributed by atoms with E-state index in [1.807, 2.05) is 36.4 Å². The molecule has 1 amide bonds. The van der Waals surface area contributed by atoms with Crippen molar-refractivity contribution in [2.24, 2.45) is 0 Å². The largest absolute Gasteiger partial charge is 0.493 e. The first-order chi connectivity index (χ1) is 21.0. The SMILES string of the molecule is COC(=O)C(Cc1ccc(Oc2ccnc3cc(OC)c(OC)cc23)cc1)NC(=O)c1ccccc1Oc1ccccc1. The Balaban J connectivity index is 1.31. The van der Waals surface area contributed by atoms with Crippen molar-refractivity contribution in [1.29, 1.82) is 0 Å². The standard InChI is InChI=1S/C34H30N2O7/c1-39-31-20-26-27(21-32(31)40-2)35-18-17-30(26)43-24-15-13-22(14-16-24)19-28(34(38)41-3)36-33(37)25-11-7-8-12-29(25)42-23-9-5-4-6-10-23/h4-18,20-21,28H,19H2,1-3H3,(H,36,37). The van der Waals surface area contributed by atoms with Gasteiger partial charge in [-0.1, -0.05) is 42.5 Å². The first kappa shape index (κ1) is 28.9. The lowest BCUT2D eigenvalue weighted by Gasteiger charge is -2.18. The number of hydrogen-bond acceptors (Lipinski definition) is 8. The molecule has 4 aromatic carbocycles. The van der Waals surface area contributed by atoms with E-state index in [0.29, 0.717) is 45.6 Å². The van der Waals surface area contributed by atoms with E-state index in [1.54, 1.807) is 81.1 Å². The predicted octanol–water partition coefficient (Wildman–Crippen LogP) is 6.35. The number of nitrogens with zero attached hydrogens (tertiary/aromatic N) is 1. The summed E-state index contributed by atoms with van der Waals surface area (Å²) in [7, 11) is 4.43. The van der Waals surface area contributed by atoms with E-state index in [2.05, 4.69) is 10.3 Å². The van der Waals surface area contributed by atoms with E-state index >= 15 is 0 Å². The number of carbonyl (C=O) groups is 2. The number of hydrogen-bond donors (Lipinski definition) is 1. The van der Waals surface area contributed by atoms with Crippen molar-refractivity contribution in [2.75, 3.05) is 21.3 Å². The van der Waals surface area contributed by atoms with Gasteiger partial charge in [-0.25, -0.2) is 4.79 Å². The molecule has 1 unspecified atom stereocenters. The number of aromatic nitrogens is 1. The van der Waals surface area contributed by atoms with Crippen molar-refractivity contribution in [1.82, 2.24) is 10.3 Å². The van der Waals surface area contributed by atoms with Gasteiger partial charge >= 0.3 is 5.97 Å². The summed E-state index contributed by atoms with van der Waals surface area (Å²) in [6.07, 6.45) is 1.86. The second kappa shape index (κ2) is 13.4. The molecule has 0 aliphatic rings. The first-order valence-electron chi connectivity index (χ1n) is 13.5. The van der Waals surface area contributed by atoms with Crippen molar-refractivity contribution in [3.63, 3.8) is 0 Å². The summed E-state index contributed by atoms with van der Waals surface area (Å²) in [5, 5.41) is 3.56. The first-order valence-corrected chi connectivity index (χ1v) is 13.5. The Bertz CT molecular complexity index is 1720. The Morgan fingerprint density at radius 1 is 0.721 bits per heavy atom. The summed E-state index contributed by atoms with van der Waals surface area (Å²) in [6.45, 7) is 0. The van der Waals surface area contributed by atoms with Gasteiger partial charge in [-0.05, 0) is 54.1 Å². The minimum absolute atomic E-state index is 0.204. The Labute approximate surface area is 248 Å². The second-order valence-electron chi connectivity index (χ2n) is 9.44. The molecular weight excluding hydrogens is 548 g/mol. The van der Waals surface area contributed by atoms with Crippen molar-refractivity contribution < 1.29 is 33.3 Å². The number of fused-ring (bicyclic) bond motifs is 1. The molecule has 1 heterocycles. The van der Waals surface area contributed by atoms with E-state index in [0.717, 1.165) is 10.9 Å². The van der Waals surface area contributed by atoms with E-state index in [4.69, 9.17) is 23.7 Å². The summed E-state index contributed by atoms with van der Waals surface area (Å²) < 4.78 is 27.9. The molecule has 5 aromatic rings. The average molecular weight is 579 g/mol. The summed E-state index contributed by atoms with van der Waals surface area (Å²) in [5.41, 5.74) is 1.78. The monoisotopic (exact) mass is 578 g/mol. The highest BCUT2D eigenvalue weighted by molar-refractivity contribution is 5.99. The lowest BCUT2D eigenvalue weighted by Crippen LogP contribution is -2.43. The number of methoxy groups -OCH3 is 3. The molecule has 0 saturated heterocycles. The fraction of sp³-hybridized carbons (Fsp3) is 0.147. The van der Waals surface area contributed by atoms with Crippen LogP contribution in [0.1, 0.15) is 15.9 Å². The highest BCUT2D eigenvalue weighted by Gasteiger charge is 2.24. The molecule has 0 radical (unpaired) electrons. The molecule has 0 fully saturated rings. The molecule has 9 nitrogen and oxygen atoms in total. The quantitative estimate of drug-likeness (QED) is 0.181. The molecule has 1 aromatic heterocycles. The maximum absolute atomic E-state index is 13.3. The summed E-state index contributed by atoms with van der Waals surface area (Å²) in [5.74, 6) is 2.24. The molecule has 1 N–H and O–H groups in total. The number of para-hydroxylation sites is 2. The number of pyridine rings is 1. The predicted molar refractivity (Wildman–Crippen MR) is 161 cm³/mol. The van der Waals surface area contributed by atoms with Crippen molar-refractivity contribution in [3.8, 4) is 34.5 Å². The summed E-state index contributed by atoms with van der Waals surface area (Å²) in [4.78, 5) is 30.4. The van der Waals surface area contributed by atoms with Crippen LogP contribution in [0.25, 0.3) is 10.9 Å². The van der Waals surface area contributed by atoms with Gasteiger partial charge in [-0.15, -0.1) is 0 Å². The van der Waals surface area contributed by atoms with E-state index in [-0.39, 0.29) is 6.42 Å². The normalized spacial score (nSPS) is 11.3. The number of nitrogens with one attached hydrogen (secondary N) is 1.